The summed E-state index contributed by atoms with van der Waals surface area (Å²) < 4.78 is 1.84. The fourth-order valence-corrected chi connectivity index (χ4v) is 1.99. The molecule has 1 N–H and O–H groups in total. The molecular weight excluding hydrogens is 242 g/mol. The fourth-order valence-electron chi connectivity index (χ4n) is 1.99. The fraction of sp³-hybridized carbons (Fsp3) is 0. The number of aromatic nitrogens is 1. The number of non-ortho nitro benzene ring substituents is 1. The van der Waals surface area contributed by atoms with E-state index in [1.54, 1.807) is 12.1 Å². The minimum absolute atomic E-state index is 0.102. The van der Waals surface area contributed by atoms with Gasteiger partial charge in [0.15, 0.2) is 0 Å². The lowest BCUT2D eigenvalue weighted by molar-refractivity contribution is -0.384. The van der Waals surface area contributed by atoms with Gasteiger partial charge in [0.25, 0.3) is 5.69 Å². The van der Waals surface area contributed by atoms with Crippen molar-refractivity contribution in [2.75, 3.05) is 5.43 Å². The summed E-state index contributed by atoms with van der Waals surface area (Å²) >= 11 is 0. The average Bonchev–Trinajstić information content (AvgIpc) is 2.82. The molecule has 0 amide bonds. The molecule has 5 heteroatoms. The van der Waals surface area contributed by atoms with Gasteiger partial charge in [-0.15, -0.1) is 0 Å². The molecule has 0 bridgehead atoms. The summed E-state index contributed by atoms with van der Waals surface area (Å²) in [5.74, 6) is 0. The molecule has 0 saturated carbocycles. The Morgan fingerprint density at radius 1 is 1.05 bits per heavy atom. The maximum absolute atomic E-state index is 10.7. The monoisotopic (exact) mass is 253 g/mol. The molecule has 0 radical (unpaired) electrons. The zero-order chi connectivity index (χ0) is 13.2. The van der Waals surface area contributed by atoms with Crippen molar-refractivity contribution in [1.82, 2.24) is 4.68 Å². The maximum Gasteiger partial charge on any atom is 0.270 e. The Balaban J connectivity index is 1.99. The molecule has 94 valence electrons. The van der Waals surface area contributed by atoms with Gasteiger partial charge in [-0.1, -0.05) is 18.2 Å². The van der Waals surface area contributed by atoms with Gasteiger partial charge in [0.05, 0.1) is 16.1 Å². The van der Waals surface area contributed by atoms with Gasteiger partial charge in [-0.05, 0) is 24.3 Å². The van der Waals surface area contributed by atoms with E-state index in [0.717, 1.165) is 16.6 Å². The van der Waals surface area contributed by atoms with Crippen LogP contribution in [0.3, 0.4) is 0 Å². The van der Waals surface area contributed by atoms with Crippen molar-refractivity contribution in [3.8, 4) is 0 Å². The highest BCUT2D eigenvalue weighted by Crippen LogP contribution is 2.22. The van der Waals surface area contributed by atoms with E-state index in [-0.39, 0.29) is 10.6 Å². The van der Waals surface area contributed by atoms with Crippen LogP contribution in [-0.4, -0.2) is 9.60 Å². The van der Waals surface area contributed by atoms with Crippen LogP contribution in [0.5, 0.6) is 0 Å². The first-order valence-corrected chi connectivity index (χ1v) is 5.81. The molecule has 1 aromatic heterocycles. The molecule has 0 saturated heterocycles. The van der Waals surface area contributed by atoms with Crippen LogP contribution in [0.2, 0.25) is 0 Å². The Morgan fingerprint density at radius 3 is 2.58 bits per heavy atom. The normalized spacial score (nSPS) is 10.5. The van der Waals surface area contributed by atoms with Gasteiger partial charge < -0.3 is 0 Å². The van der Waals surface area contributed by atoms with E-state index in [0.29, 0.717) is 0 Å². The molecule has 0 unspecified atom stereocenters. The second kappa shape index (κ2) is 4.45. The van der Waals surface area contributed by atoms with E-state index < -0.39 is 0 Å². The maximum atomic E-state index is 10.7. The third-order valence-electron chi connectivity index (χ3n) is 2.91. The smallest absolute Gasteiger partial charge is 0.270 e. The van der Waals surface area contributed by atoms with Gasteiger partial charge in [0, 0.05) is 23.7 Å². The van der Waals surface area contributed by atoms with Gasteiger partial charge in [0.2, 0.25) is 0 Å². The molecule has 5 nitrogen and oxygen atoms in total. The Labute approximate surface area is 109 Å². The van der Waals surface area contributed by atoms with Gasteiger partial charge in [-0.3, -0.25) is 20.2 Å². The zero-order valence-corrected chi connectivity index (χ0v) is 9.98. The van der Waals surface area contributed by atoms with E-state index in [1.165, 1.54) is 6.07 Å². The lowest BCUT2D eigenvalue weighted by atomic mass is 10.2. The van der Waals surface area contributed by atoms with Crippen molar-refractivity contribution in [3.05, 3.63) is 70.9 Å². The highest BCUT2D eigenvalue weighted by Gasteiger charge is 2.08. The molecular formula is C14H11N3O2. The molecule has 0 spiro atoms. The first kappa shape index (κ1) is 11.3. The summed E-state index contributed by atoms with van der Waals surface area (Å²) in [6, 6.07) is 16.4. The van der Waals surface area contributed by atoms with Crippen molar-refractivity contribution in [1.29, 1.82) is 0 Å². The number of hydrogen-bond donors (Lipinski definition) is 1. The van der Waals surface area contributed by atoms with Crippen LogP contribution in [0, 0.1) is 10.1 Å². The second-order valence-electron chi connectivity index (χ2n) is 4.16. The first-order valence-electron chi connectivity index (χ1n) is 5.81. The average molecular weight is 253 g/mol. The highest BCUT2D eigenvalue weighted by molar-refractivity contribution is 5.83. The number of benzene rings is 2. The Kier molecular flexibility index (Phi) is 2.64. The topological polar surface area (TPSA) is 60.1 Å². The van der Waals surface area contributed by atoms with E-state index in [9.17, 15) is 10.1 Å². The number of anilines is 1. The largest absolute Gasteiger partial charge is 0.294 e. The molecule has 3 aromatic rings. The molecule has 19 heavy (non-hydrogen) atoms. The molecule has 1 heterocycles. The van der Waals surface area contributed by atoms with Crippen molar-refractivity contribution < 1.29 is 4.92 Å². The highest BCUT2D eigenvalue weighted by atomic mass is 16.6. The number of nitro groups is 1. The Bertz CT molecular complexity index is 735. The third kappa shape index (κ3) is 2.13. The van der Waals surface area contributed by atoms with Crippen molar-refractivity contribution >= 4 is 22.3 Å². The molecule has 0 aliphatic heterocycles. The molecule has 0 atom stereocenters. The van der Waals surface area contributed by atoms with Crippen LogP contribution in [0.4, 0.5) is 11.4 Å². The quantitative estimate of drug-likeness (QED) is 0.574. The van der Waals surface area contributed by atoms with Crippen LogP contribution in [0.1, 0.15) is 0 Å². The van der Waals surface area contributed by atoms with Crippen LogP contribution in [0.15, 0.2) is 60.8 Å². The standard InChI is InChI=1S/C14H11N3O2/c18-17(19)13-6-7-14-11(10-13)8-9-16(14)15-12-4-2-1-3-5-12/h1-10,15H. The zero-order valence-electron chi connectivity index (χ0n) is 9.98. The Morgan fingerprint density at radius 2 is 1.84 bits per heavy atom. The number of nitrogens with zero attached hydrogens (tertiary/aromatic N) is 2. The SMILES string of the molecule is O=[N+]([O-])c1ccc2c(ccn2Nc2ccccc2)c1. The number of fused-ring (bicyclic) bond motifs is 1. The summed E-state index contributed by atoms with van der Waals surface area (Å²) in [5.41, 5.74) is 5.18. The van der Waals surface area contributed by atoms with Crippen molar-refractivity contribution in [3.63, 3.8) is 0 Å². The minimum Gasteiger partial charge on any atom is -0.294 e. The van der Waals surface area contributed by atoms with Crippen LogP contribution >= 0.6 is 0 Å². The van der Waals surface area contributed by atoms with E-state index in [4.69, 9.17) is 0 Å². The summed E-state index contributed by atoms with van der Waals surface area (Å²) in [4.78, 5) is 10.3. The van der Waals surface area contributed by atoms with Crippen LogP contribution in [0.25, 0.3) is 10.9 Å². The summed E-state index contributed by atoms with van der Waals surface area (Å²) in [7, 11) is 0. The molecule has 0 fully saturated rings. The summed E-state index contributed by atoms with van der Waals surface area (Å²) in [5, 5.41) is 11.6. The van der Waals surface area contributed by atoms with Crippen molar-refractivity contribution in [2.45, 2.75) is 0 Å². The molecule has 0 aliphatic carbocycles. The van der Waals surface area contributed by atoms with Crippen LogP contribution in [-0.2, 0) is 0 Å². The second-order valence-corrected chi connectivity index (χ2v) is 4.16. The number of nitro benzene ring substituents is 1. The van der Waals surface area contributed by atoms with Crippen molar-refractivity contribution in [2.24, 2.45) is 0 Å². The number of rotatable bonds is 3. The number of hydrogen-bond acceptors (Lipinski definition) is 3. The lowest BCUT2D eigenvalue weighted by Gasteiger charge is -2.08. The van der Waals surface area contributed by atoms with Gasteiger partial charge in [-0.25, -0.2) is 0 Å². The van der Waals surface area contributed by atoms with E-state index >= 15 is 0 Å². The predicted octanol–water partition coefficient (Wildman–Crippen LogP) is 3.42. The van der Waals surface area contributed by atoms with E-state index in [2.05, 4.69) is 5.43 Å². The van der Waals surface area contributed by atoms with Gasteiger partial charge in [-0.2, -0.15) is 0 Å². The van der Waals surface area contributed by atoms with E-state index in [1.807, 2.05) is 47.3 Å². The first-order chi connectivity index (χ1) is 9.24. The minimum atomic E-state index is -0.387. The molecule has 3 rings (SSSR count). The van der Waals surface area contributed by atoms with Gasteiger partial charge >= 0.3 is 0 Å². The predicted molar refractivity (Wildman–Crippen MR) is 74.1 cm³/mol. The number of nitrogens with one attached hydrogen (secondary N) is 1. The summed E-state index contributed by atoms with van der Waals surface area (Å²) in [6.45, 7) is 0. The summed E-state index contributed by atoms with van der Waals surface area (Å²) in [6.07, 6.45) is 1.85. The molecule has 2 aromatic carbocycles. The molecule has 0 aliphatic rings. The Hall–Kier alpha value is -2.82. The van der Waals surface area contributed by atoms with Crippen LogP contribution < -0.4 is 5.43 Å². The number of para-hydroxylation sites is 1. The van der Waals surface area contributed by atoms with Gasteiger partial charge in [0.1, 0.15) is 0 Å². The lowest BCUT2D eigenvalue weighted by Crippen LogP contribution is -2.06. The third-order valence-corrected chi connectivity index (χ3v) is 2.91.